The Hall–Kier alpha value is -1.14. The zero-order chi connectivity index (χ0) is 13.7. The average Bonchev–Trinajstić information content (AvgIpc) is 2.39. The Labute approximate surface area is 115 Å². The van der Waals surface area contributed by atoms with Gasteiger partial charge in [-0.3, -0.25) is 4.79 Å². The second-order valence-electron chi connectivity index (χ2n) is 4.44. The number of hydrogen-bond donors (Lipinski definition) is 2. The lowest BCUT2D eigenvalue weighted by molar-refractivity contribution is -0.122. The number of carbonyl (C=O) groups is 1. The van der Waals surface area contributed by atoms with Gasteiger partial charge in [-0.25, -0.2) is 0 Å². The van der Waals surface area contributed by atoms with Crippen LogP contribution < -0.4 is 10.6 Å². The van der Waals surface area contributed by atoms with E-state index in [1.54, 1.807) is 12.1 Å². The van der Waals surface area contributed by atoms with Crippen LogP contribution in [0.3, 0.4) is 0 Å². The summed E-state index contributed by atoms with van der Waals surface area (Å²) in [5.41, 5.74) is 1.05. The van der Waals surface area contributed by atoms with Crippen LogP contribution in [0.2, 0.25) is 0 Å². The van der Waals surface area contributed by atoms with Gasteiger partial charge >= 0.3 is 0 Å². The highest BCUT2D eigenvalue weighted by molar-refractivity contribution is 7.99. The molecule has 1 heterocycles. The van der Waals surface area contributed by atoms with Crippen molar-refractivity contribution in [2.24, 2.45) is 0 Å². The van der Waals surface area contributed by atoms with Crippen molar-refractivity contribution in [2.75, 3.05) is 6.54 Å². The lowest BCUT2D eigenvalue weighted by atomic mass is 10.1. The normalized spacial score (nSPS) is 19.5. The van der Waals surface area contributed by atoms with Gasteiger partial charge in [-0.05, 0) is 24.1 Å². The van der Waals surface area contributed by atoms with E-state index in [2.05, 4.69) is 10.6 Å². The number of piperidine rings is 1. The number of amides is 1. The minimum absolute atomic E-state index is 0.103. The smallest absolute Gasteiger partial charge is 0.288 e. The summed E-state index contributed by atoms with van der Waals surface area (Å²) in [6.45, 7) is 1.33. The van der Waals surface area contributed by atoms with Gasteiger partial charge in [0.1, 0.15) is 0 Å². The van der Waals surface area contributed by atoms with Crippen molar-refractivity contribution in [1.82, 2.24) is 10.6 Å². The predicted molar refractivity (Wildman–Crippen MR) is 71.2 cm³/mol. The molecule has 0 aliphatic carbocycles. The Morgan fingerprint density at radius 3 is 2.68 bits per heavy atom. The minimum atomic E-state index is -2.38. The number of benzene rings is 1. The fourth-order valence-electron chi connectivity index (χ4n) is 1.96. The molecule has 104 valence electrons. The van der Waals surface area contributed by atoms with Gasteiger partial charge in [-0.1, -0.05) is 23.9 Å². The molecular formula is C13H16F2N2OS. The Kier molecular flexibility index (Phi) is 5.15. The second-order valence-corrected chi connectivity index (χ2v) is 5.51. The number of thioether (sulfide) groups is 1. The molecule has 1 fully saturated rings. The SMILES string of the molecule is O=C1CC[C@@H](NCc2ccc(SC(F)F)cc2)CN1. The molecule has 0 unspecified atom stereocenters. The van der Waals surface area contributed by atoms with Crippen molar-refractivity contribution in [1.29, 1.82) is 0 Å². The summed E-state index contributed by atoms with van der Waals surface area (Å²) in [6.07, 6.45) is 1.40. The van der Waals surface area contributed by atoms with E-state index in [-0.39, 0.29) is 11.9 Å². The number of halogens is 2. The van der Waals surface area contributed by atoms with Crippen LogP contribution in [-0.2, 0) is 11.3 Å². The van der Waals surface area contributed by atoms with Crippen LogP contribution in [0.25, 0.3) is 0 Å². The molecule has 1 aliphatic rings. The molecule has 2 rings (SSSR count). The highest BCUT2D eigenvalue weighted by Gasteiger charge is 2.16. The molecule has 0 saturated carbocycles. The molecule has 1 saturated heterocycles. The summed E-state index contributed by atoms with van der Waals surface area (Å²) in [5, 5.41) is 6.16. The highest BCUT2D eigenvalue weighted by Crippen LogP contribution is 2.25. The van der Waals surface area contributed by atoms with Crippen molar-refractivity contribution >= 4 is 17.7 Å². The van der Waals surface area contributed by atoms with Gasteiger partial charge in [0.2, 0.25) is 5.91 Å². The standard InChI is InChI=1S/C13H16F2N2OS/c14-13(15)19-11-4-1-9(2-5-11)7-16-10-3-6-12(18)17-8-10/h1-2,4-5,10,13,16H,3,6-8H2,(H,17,18)/t10-/m1/s1. The van der Waals surface area contributed by atoms with Gasteiger partial charge in [-0.2, -0.15) is 8.78 Å². The van der Waals surface area contributed by atoms with Gasteiger partial charge < -0.3 is 10.6 Å². The predicted octanol–water partition coefficient (Wildman–Crippen LogP) is 2.37. The molecule has 0 spiro atoms. The van der Waals surface area contributed by atoms with Crippen LogP contribution >= 0.6 is 11.8 Å². The van der Waals surface area contributed by atoms with Gasteiger partial charge in [0.15, 0.2) is 0 Å². The van der Waals surface area contributed by atoms with Gasteiger partial charge in [0.05, 0.1) is 0 Å². The van der Waals surface area contributed by atoms with Crippen molar-refractivity contribution in [2.45, 2.75) is 36.1 Å². The van der Waals surface area contributed by atoms with E-state index in [0.717, 1.165) is 12.0 Å². The lowest BCUT2D eigenvalue weighted by Gasteiger charge is -2.23. The monoisotopic (exact) mass is 286 g/mol. The molecule has 0 radical (unpaired) electrons. The zero-order valence-corrected chi connectivity index (χ0v) is 11.2. The molecule has 2 N–H and O–H groups in total. The zero-order valence-electron chi connectivity index (χ0n) is 10.4. The summed E-state index contributed by atoms with van der Waals surface area (Å²) in [7, 11) is 0. The molecule has 1 aromatic rings. The van der Waals surface area contributed by atoms with Crippen molar-refractivity contribution in [3.05, 3.63) is 29.8 Å². The summed E-state index contributed by atoms with van der Waals surface area (Å²) in [6, 6.07) is 7.39. The van der Waals surface area contributed by atoms with E-state index < -0.39 is 5.76 Å². The molecule has 3 nitrogen and oxygen atoms in total. The first-order valence-corrected chi connectivity index (χ1v) is 7.05. The van der Waals surface area contributed by atoms with Crippen LogP contribution in [0.4, 0.5) is 8.78 Å². The first-order valence-electron chi connectivity index (χ1n) is 6.17. The van der Waals surface area contributed by atoms with Crippen molar-refractivity contribution in [3.63, 3.8) is 0 Å². The van der Waals surface area contributed by atoms with E-state index in [4.69, 9.17) is 0 Å². The number of carbonyl (C=O) groups excluding carboxylic acids is 1. The third kappa shape index (κ3) is 4.80. The second kappa shape index (κ2) is 6.86. The largest absolute Gasteiger partial charge is 0.355 e. The van der Waals surface area contributed by atoms with E-state index in [1.165, 1.54) is 0 Å². The molecule has 1 aliphatic heterocycles. The lowest BCUT2D eigenvalue weighted by Crippen LogP contribution is -2.45. The Balaban J connectivity index is 1.78. The fourth-order valence-corrected chi connectivity index (χ4v) is 2.46. The summed E-state index contributed by atoms with van der Waals surface area (Å²) in [5.74, 6) is -2.28. The maximum atomic E-state index is 12.2. The number of hydrogen-bond acceptors (Lipinski definition) is 3. The highest BCUT2D eigenvalue weighted by atomic mass is 32.2. The molecule has 1 amide bonds. The Morgan fingerprint density at radius 2 is 2.11 bits per heavy atom. The maximum Gasteiger partial charge on any atom is 0.288 e. The molecule has 1 atom stereocenters. The fraction of sp³-hybridized carbons (Fsp3) is 0.462. The van der Waals surface area contributed by atoms with E-state index >= 15 is 0 Å². The van der Waals surface area contributed by atoms with Crippen molar-refractivity contribution < 1.29 is 13.6 Å². The van der Waals surface area contributed by atoms with Gasteiger partial charge in [0.25, 0.3) is 5.76 Å². The molecule has 6 heteroatoms. The van der Waals surface area contributed by atoms with Crippen LogP contribution in [0.15, 0.2) is 29.2 Å². The van der Waals surface area contributed by atoms with Crippen LogP contribution in [-0.4, -0.2) is 24.3 Å². The van der Waals surface area contributed by atoms with Crippen LogP contribution in [0, 0.1) is 0 Å². The van der Waals surface area contributed by atoms with Crippen LogP contribution in [0.1, 0.15) is 18.4 Å². The van der Waals surface area contributed by atoms with Gasteiger partial charge in [0, 0.05) is 30.4 Å². The minimum Gasteiger partial charge on any atom is -0.355 e. The summed E-state index contributed by atoms with van der Waals surface area (Å²) >= 11 is 0.552. The van der Waals surface area contributed by atoms with Crippen LogP contribution in [0.5, 0.6) is 0 Å². The molecular weight excluding hydrogens is 270 g/mol. The number of nitrogens with one attached hydrogen (secondary N) is 2. The third-order valence-corrected chi connectivity index (χ3v) is 3.73. The van der Waals surface area contributed by atoms with Gasteiger partial charge in [-0.15, -0.1) is 0 Å². The Morgan fingerprint density at radius 1 is 1.37 bits per heavy atom. The first-order chi connectivity index (χ1) is 9.13. The summed E-state index contributed by atoms with van der Waals surface area (Å²) < 4.78 is 24.3. The van der Waals surface area contributed by atoms with Crippen molar-refractivity contribution in [3.8, 4) is 0 Å². The maximum absolute atomic E-state index is 12.2. The number of rotatable bonds is 5. The number of alkyl halides is 2. The first kappa shape index (κ1) is 14.3. The average molecular weight is 286 g/mol. The molecule has 1 aromatic carbocycles. The topological polar surface area (TPSA) is 41.1 Å². The van der Waals surface area contributed by atoms with E-state index in [0.29, 0.717) is 36.2 Å². The Bertz CT molecular complexity index is 415. The quantitative estimate of drug-likeness (QED) is 0.817. The summed E-state index contributed by atoms with van der Waals surface area (Å²) in [4.78, 5) is 11.6. The molecule has 19 heavy (non-hydrogen) atoms. The third-order valence-electron chi connectivity index (χ3n) is 3.01. The van der Waals surface area contributed by atoms with E-state index in [9.17, 15) is 13.6 Å². The molecule has 0 aromatic heterocycles. The molecule has 0 bridgehead atoms. The van der Waals surface area contributed by atoms with E-state index in [1.807, 2.05) is 12.1 Å².